The van der Waals surface area contributed by atoms with E-state index in [2.05, 4.69) is 17.6 Å². The van der Waals surface area contributed by atoms with Gasteiger partial charge in [0.15, 0.2) is 0 Å². The summed E-state index contributed by atoms with van der Waals surface area (Å²) in [5, 5.41) is 15.2. The monoisotopic (exact) mass is 359 g/mol. The van der Waals surface area contributed by atoms with E-state index in [-0.39, 0.29) is 10.6 Å². The Balaban J connectivity index is 2.10. The maximum Gasteiger partial charge on any atom is 0.267 e. The zero-order chi connectivity index (χ0) is 17.5. The number of nitriles is 1. The van der Waals surface area contributed by atoms with Gasteiger partial charge in [0.2, 0.25) is 0 Å². The Labute approximate surface area is 150 Å². The number of carbonyl (C=O) groups excluding carboxylic acids is 1. The summed E-state index contributed by atoms with van der Waals surface area (Å²) >= 11 is 11.9. The lowest BCUT2D eigenvalue weighted by atomic mass is 10.1. The van der Waals surface area contributed by atoms with Crippen LogP contribution in [0.4, 0.5) is 11.4 Å². The van der Waals surface area contributed by atoms with Crippen molar-refractivity contribution in [2.24, 2.45) is 0 Å². The Kier molecular flexibility index (Phi) is 6.25. The topological polar surface area (TPSA) is 64.9 Å². The summed E-state index contributed by atoms with van der Waals surface area (Å²) < 4.78 is 0. The van der Waals surface area contributed by atoms with Crippen molar-refractivity contribution in [3.63, 3.8) is 0 Å². The van der Waals surface area contributed by atoms with Gasteiger partial charge in [-0.15, -0.1) is 0 Å². The smallest absolute Gasteiger partial charge is 0.267 e. The molecule has 6 heteroatoms. The first kappa shape index (κ1) is 17.9. The van der Waals surface area contributed by atoms with Gasteiger partial charge < -0.3 is 10.6 Å². The van der Waals surface area contributed by atoms with E-state index < -0.39 is 5.91 Å². The molecule has 122 valence electrons. The molecule has 0 spiro atoms. The molecule has 0 aliphatic heterocycles. The van der Waals surface area contributed by atoms with E-state index >= 15 is 0 Å². The van der Waals surface area contributed by atoms with Gasteiger partial charge >= 0.3 is 0 Å². The highest BCUT2D eigenvalue weighted by molar-refractivity contribution is 6.44. The van der Waals surface area contributed by atoms with Crippen LogP contribution in [0.1, 0.15) is 12.5 Å². The first-order chi connectivity index (χ1) is 11.5. The van der Waals surface area contributed by atoms with Gasteiger partial charge in [0.05, 0.1) is 15.7 Å². The van der Waals surface area contributed by atoms with Crippen LogP contribution < -0.4 is 10.6 Å². The second-order valence-corrected chi connectivity index (χ2v) is 5.71. The van der Waals surface area contributed by atoms with E-state index in [1.54, 1.807) is 18.2 Å². The SMILES string of the molecule is CCc1ccc(N/C=C(/C#N)C(=O)Nc2cccc(Cl)c2Cl)cc1. The van der Waals surface area contributed by atoms with Crippen LogP contribution in [0.5, 0.6) is 0 Å². The molecule has 0 aliphatic carbocycles. The number of anilines is 2. The molecule has 0 bridgehead atoms. The molecule has 4 nitrogen and oxygen atoms in total. The van der Waals surface area contributed by atoms with Crippen LogP contribution in [0.25, 0.3) is 0 Å². The van der Waals surface area contributed by atoms with Crippen LogP contribution in [0.3, 0.4) is 0 Å². The Morgan fingerprint density at radius 1 is 1.21 bits per heavy atom. The third kappa shape index (κ3) is 4.51. The minimum atomic E-state index is -0.570. The highest BCUT2D eigenvalue weighted by Gasteiger charge is 2.12. The molecule has 2 N–H and O–H groups in total. The molecule has 0 radical (unpaired) electrons. The number of rotatable bonds is 5. The summed E-state index contributed by atoms with van der Waals surface area (Å²) in [5.74, 6) is -0.570. The van der Waals surface area contributed by atoms with Gasteiger partial charge in [-0.05, 0) is 36.2 Å². The lowest BCUT2D eigenvalue weighted by Gasteiger charge is -2.08. The second kappa shape index (κ2) is 8.39. The Morgan fingerprint density at radius 2 is 1.92 bits per heavy atom. The molecule has 2 aromatic carbocycles. The predicted octanol–water partition coefficient (Wildman–Crippen LogP) is 5.01. The molecular weight excluding hydrogens is 345 g/mol. The average Bonchev–Trinajstić information content (AvgIpc) is 2.60. The van der Waals surface area contributed by atoms with Crippen molar-refractivity contribution in [2.75, 3.05) is 10.6 Å². The molecule has 0 aliphatic rings. The molecule has 24 heavy (non-hydrogen) atoms. The largest absolute Gasteiger partial charge is 0.360 e. The van der Waals surface area contributed by atoms with E-state index in [0.717, 1.165) is 12.1 Å². The normalized spacial score (nSPS) is 10.8. The maximum atomic E-state index is 12.2. The molecule has 1 amide bonds. The van der Waals surface area contributed by atoms with Crippen LogP contribution in [-0.4, -0.2) is 5.91 Å². The minimum Gasteiger partial charge on any atom is -0.360 e. The van der Waals surface area contributed by atoms with Gasteiger partial charge in [0, 0.05) is 11.9 Å². The summed E-state index contributed by atoms with van der Waals surface area (Å²) in [7, 11) is 0. The van der Waals surface area contributed by atoms with Gasteiger partial charge in [-0.2, -0.15) is 5.26 Å². The Morgan fingerprint density at radius 3 is 2.54 bits per heavy atom. The number of nitrogens with one attached hydrogen (secondary N) is 2. The van der Waals surface area contributed by atoms with Crippen LogP contribution >= 0.6 is 23.2 Å². The van der Waals surface area contributed by atoms with Crippen molar-refractivity contribution in [1.29, 1.82) is 5.26 Å². The predicted molar refractivity (Wildman–Crippen MR) is 98.2 cm³/mol. The standard InChI is InChI=1S/C18H15Cl2N3O/c1-2-12-6-8-14(9-7-12)22-11-13(10-21)18(24)23-16-5-3-4-15(19)17(16)20/h3-9,11,22H,2H2,1H3,(H,23,24)/b13-11-. The highest BCUT2D eigenvalue weighted by Crippen LogP contribution is 2.29. The van der Waals surface area contributed by atoms with E-state index in [1.165, 1.54) is 11.8 Å². The van der Waals surface area contributed by atoms with Gasteiger partial charge in [-0.3, -0.25) is 4.79 Å². The fourth-order valence-electron chi connectivity index (χ4n) is 1.93. The third-order valence-corrected chi connectivity index (χ3v) is 4.13. The third-order valence-electron chi connectivity index (χ3n) is 3.31. The molecule has 0 atom stereocenters. The zero-order valence-electron chi connectivity index (χ0n) is 12.9. The number of hydrogen-bond acceptors (Lipinski definition) is 3. The summed E-state index contributed by atoms with van der Waals surface area (Å²) in [6.07, 6.45) is 2.30. The lowest BCUT2D eigenvalue weighted by Crippen LogP contribution is -2.14. The van der Waals surface area contributed by atoms with E-state index in [9.17, 15) is 10.1 Å². The number of amides is 1. The van der Waals surface area contributed by atoms with E-state index in [1.807, 2.05) is 30.3 Å². The molecule has 0 heterocycles. The van der Waals surface area contributed by atoms with E-state index in [4.69, 9.17) is 23.2 Å². The van der Waals surface area contributed by atoms with Crippen molar-refractivity contribution >= 4 is 40.5 Å². The number of halogens is 2. The lowest BCUT2D eigenvalue weighted by molar-refractivity contribution is -0.112. The Bertz CT molecular complexity index is 808. The zero-order valence-corrected chi connectivity index (χ0v) is 14.4. The van der Waals surface area contributed by atoms with Gasteiger partial charge in [-0.25, -0.2) is 0 Å². The molecule has 2 rings (SSSR count). The van der Waals surface area contributed by atoms with Crippen molar-refractivity contribution in [3.8, 4) is 6.07 Å². The van der Waals surface area contributed by atoms with Gasteiger partial charge in [-0.1, -0.05) is 48.3 Å². The van der Waals surface area contributed by atoms with Gasteiger partial charge in [0.1, 0.15) is 11.6 Å². The van der Waals surface area contributed by atoms with Crippen LogP contribution in [0.2, 0.25) is 10.0 Å². The molecule has 0 unspecified atom stereocenters. The number of hydrogen-bond donors (Lipinski definition) is 2. The van der Waals surface area contributed by atoms with Crippen molar-refractivity contribution in [1.82, 2.24) is 0 Å². The summed E-state index contributed by atoms with van der Waals surface area (Å²) in [6.45, 7) is 2.07. The molecule has 0 fully saturated rings. The number of aryl methyl sites for hydroxylation is 1. The summed E-state index contributed by atoms with van der Waals surface area (Å²) in [6, 6.07) is 14.5. The van der Waals surface area contributed by atoms with Crippen molar-refractivity contribution < 1.29 is 4.79 Å². The number of benzene rings is 2. The quantitative estimate of drug-likeness (QED) is 0.582. The van der Waals surface area contributed by atoms with Crippen LogP contribution in [0, 0.1) is 11.3 Å². The van der Waals surface area contributed by atoms with E-state index in [0.29, 0.717) is 10.7 Å². The average molecular weight is 360 g/mol. The maximum absolute atomic E-state index is 12.2. The number of nitrogens with zero attached hydrogens (tertiary/aromatic N) is 1. The first-order valence-electron chi connectivity index (χ1n) is 7.26. The van der Waals surface area contributed by atoms with Gasteiger partial charge in [0.25, 0.3) is 5.91 Å². The van der Waals surface area contributed by atoms with Crippen LogP contribution in [0.15, 0.2) is 54.2 Å². The highest BCUT2D eigenvalue weighted by atomic mass is 35.5. The molecule has 0 saturated heterocycles. The molecule has 2 aromatic rings. The van der Waals surface area contributed by atoms with Crippen LogP contribution in [-0.2, 0) is 11.2 Å². The minimum absolute atomic E-state index is 0.0781. The fourth-order valence-corrected chi connectivity index (χ4v) is 2.28. The Hall–Kier alpha value is -2.48. The van der Waals surface area contributed by atoms with Crippen molar-refractivity contribution in [2.45, 2.75) is 13.3 Å². The molecular formula is C18H15Cl2N3O. The molecule has 0 aromatic heterocycles. The molecule has 0 saturated carbocycles. The van der Waals surface area contributed by atoms with Crippen molar-refractivity contribution in [3.05, 3.63) is 69.8 Å². The second-order valence-electron chi connectivity index (χ2n) is 4.92. The summed E-state index contributed by atoms with van der Waals surface area (Å²) in [4.78, 5) is 12.2. The fraction of sp³-hybridized carbons (Fsp3) is 0.111. The number of carbonyl (C=O) groups is 1. The first-order valence-corrected chi connectivity index (χ1v) is 8.02. The summed E-state index contributed by atoms with van der Waals surface area (Å²) in [5.41, 5.74) is 2.26.